The van der Waals surface area contributed by atoms with Crippen LogP contribution in [0.5, 0.6) is 5.75 Å². The van der Waals surface area contributed by atoms with Crippen LogP contribution in [0.4, 0.5) is 0 Å². The molecule has 2 aliphatic rings. The minimum absolute atomic E-state index is 0.335. The molecule has 0 bridgehead atoms. The zero-order valence-electron chi connectivity index (χ0n) is 13.3. The van der Waals surface area contributed by atoms with Gasteiger partial charge in [0.2, 0.25) is 0 Å². The van der Waals surface area contributed by atoms with Crippen LogP contribution in [0.15, 0.2) is 18.2 Å². The van der Waals surface area contributed by atoms with Crippen molar-refractivity contribution in [2.24, 2.45) is 5.41 Å². The molecule has 2 aliphatic carbocycles. The number of rotatable bonds is 5. The molecule has 0 heterocycles. The van der Waals surface area contributed by atoms with Gasteiger partial charge in [0.15, 0.2) is 0 Å². The molecule has 110 valence electrons. The van der Waals surface area contributed by atoms with Crippen LogP contribution in [0.25, 0.3) is 0 Å². The van der Waals surface area contributed by atoms with Gasteiger partial charge in [0.05, 0.1) is 7.11 Å². The summed E-state index contributed by atoms with van der Waals surface area (Å²) < 4.78 is 5.52. The molecule has 1 aromatic rings. The van der Waals surface area contributed by atoms with Crippen molar-refractivity contribution >= 4 is 0 Å². The molecule has 0 atom stereocenters. The zero-order chi connectivity index (χ0) is 14.4. The monoisotopic (exact) mass is 273 g/mol. The van der Waals surface area contributed by atoms with Crippen molar-refractivity contribution in [1.82, 2.24) is 5.32 Å². The zero-order valence-corrected chi connectivity index (χ0v) is 13.3. The normalized spacial score (nSPS) is 21.9. The number of ether oxygens (including phenoxy) is 1. The molecule has 0 saturated heterocycles. The van der Waals surface area contributed by atoms with E-state index in [0.717, 1.165) is 12.3 Å². The summed E-state index contributed by atoms with van der Waals surface area (Å²) in [4.78, 5) is 0. The van der Waals surface area contributed by atoms with Gasteiger partial charge in [-0.1, -0.05) is 26.0 Å². The summed E-state index contributed by atoms with van der Waals surface area (Å²) in [6, 6.07) is 7.35. The Morgan fingerprint density at radius 2 is 1.95 bits per heavy atom. The fourth-order valence-electron chi connectivity index (χ4n) is 3.89. The summed E-state index contributed by atoms with van der Waals surface area (Å²) in [7, 11) is 1.77. The highest BCUT2D eigenvalue weighted by Crippen LogP contribution is 2.68. The van der Waals surface area contributed by atoms with Crippen molar-refractivity contribution in [2.45, 2.75) is 57.9 Å². The summed E-state index contributed by atoms with van der Waals surface area (Å²) in [6.07, 6.45) is 5.59. The molecule has 20 heavy (non-hydrogen) atoms. The molecule has 3 rings (SSSR count). The molecule has 1 spiro atoms. The van der Waals surface area contributed by atoms with E-state index in [1.54, 1.807) is 7.11 Å². The second-order valence-corrected chi connectivity index (χ2v) is 7.35. The van der Waals surface area contributed by atoms with Gasteiger partial charge in [-0.15, -0.1) is 0 Å². The van der Waals surface area contributed by atoms with Gasteiger partial charge in [0.1, 0.15) is 5.75 Å². The van der Waals surface area contributed by atoms with E-state index >= 15 is 0 Å². The van der Waals surface area contributed by atoms with E-state index in [2.05, 4.69) is 44.3 Å². The van der Waals surface area contributed by atoms with E-state index < -0.39 is 0 Å². The predicted octanol–water partition coefficient (Wildman–Crippen LogP) is 3.81. The summed E-state index contributed by atoms with van der Waals surface area (Å²) in [5.74, 6) is 1.03. The predicted molar refractivity (Wildman–Crippen MR) is 83.4 cm³/mol. The average Bonchev–Trinajstić information content (AvgIpc) is 3.15. The molecule has 2 fully saturated rings. The topological polar surface area (TPSA) is 21.3 Å². The third-order valence-electron chi connectivity index (χ3n) is 5.25. The van der Waals surface area contributed by atoms with E-state index in [0.29, 0.717) is 16.9 Å². The number of aryl methyl sites for hydroxylation is 1. The van der Waals surface area contributed by atoms with Crippen molar-refractivity contribution in [3.05, 3.63) is 29.3 Å². The summed E-state index contributed by atoms with van der Waals surface area (Å²) in [5.41, 5.74) is 3.73. The first-order valence-corrected chi connectivity index (χ1v) is 7.87. The maximum Gasteiger partial charge on any atom is 0.122 e. The van der Waals surface area contributed by atoms with Crippen LogP contribution in [-0.2, 0) is 5.41 Å². The highest BCUT2D eigenvalue weighted by atomic mass is 16.5. The lowest BCUT2D eigenvalue weighted by Crippen LogP contribution is -2.50. The van der Waals surface area contributed by atoms with Crippen molar-refractivity contribution in [3.63, 3.8) is 0 Å². The van der Waals surface area contributed by atoms with Crippen molar-refractivity contribution in [1.29, 1.82) is 0 Å². The summed E-state index contributed by atoms with van der Waals surface area (Å²) in [5, 5.41) is 3.66. The fourth-order valence-corrected chi connectivity index (χ4v) is 3.89. The van der Waals surface area contributed by atoms with E-state index in [4.69, 9.17) is 4.74 Å². The molecule has 0 aromatic heterocycles. The van der Waals surface area contributed by atoms with E-state index in [1.165, 1.54) is 36.8 Å². The maximum atomic E-state index is 5.52. The highest BCUT2D eigenvalue weighted by molar-refractivity contribution is 5.43. The van der Waals surface area contributed by atoms with Gasteiger partial charge < -0.3 is 10.1 Å². The van der Waals surface area contributed by atoms with Gasteiger partial charge in [-0.05, 0) is 55.2 Å². The Hall–Kier alpha value is -1.02. The van der Waals surface area contributed by atoms with Crippen LogP contribution in [0.1, 0.15) is 50.7 Å². The van der Waals surface area contributed by atoms with Crippen molar-refractivity contribution in [2.75, 3.05) is 13.7 Å². The average molecular weight is 273 g/mol. The Balaban J connectivity index is 1.85. The summed E-state index contributed by atoms with van der Waals surface area (Å²) in [6.45, 7) is 7.67. The molecule has 0 amide bonds. The number of hydrogen-bond acceptors (Lipinski definition) is 2. The lowest BCUT2D eigenvalue weighted by molar-refractivity contribution is 0.113. The highest BCUT2D eigenvalue weighted by Gasteiger charge is 2.61. The van der Waals surface area contributed by atoms with Gasteiger partial charge in [-0.2, -0.15) is 0 Å². The number of methoxy groups -OCH3 is 1. The Morgan fingerprint density at radius 1 is 1.25 bits per heavy atom. The van der Waals surface area contributed by atoms with Crippen LogP contribution in [-0.4, -0.2) is 19.7 Å². The van der Waals surface area contributed by atoms with E-state index in [9.17, 15) is 0 Å². The lowest BCUT2D eigenvalue weighted by atomic mass is 9.56. The molecular formula is C18H27NO. The quantitative estimate of drug-likeness (QED) is 0.880. The van der Waals surface area contributed by atoms with Crippen LogP contribution in [0, 0.1) is 12.3 Å². The molecule has 2 heteroatoms. The third kappa shape index (κ3) is 2.35. The third-order valence-corrected chi connectivity index (χ3v) is 5.25. The lowest BCUT2D eigenvalue weighted by Gasteiger charge is -2.50. The smallest absolute Gasteiger partial charge is 0.122 e. The van der Waals surface area contributed by atoms with Crippen molar-refractivity contribution in [3.8, 4) is 5.75 Å². The molecule has 0 unspecified atom stereocenters. The first-order chi connectivity index (χ1) is 9.49. The molecule has 2 saturated carbocycles. The first-order valence-electron chi connectivity index (χ1n) is 7.87. The second kappa shape index (κ2) is 4.77. The standard InChI is InChI=1S/C18H27NO/c1-13(2)19-12-18(10-17(11-18)7-8-17)15-6-5-14(3)16(9-15)20-4/h5-6,9,13,19H,7-8,10-12H2,1-4H3. The van der Waals surface area contributed by atoms with Crippen LogP contribution >= 0.6 is 0 Å². The molecule has 0 aliphatic heterocycles. The largest absolute Gasteiger partial charge is 0.496 e. The Morgan fingerprint density at radius 3 is 2.50 bits per heavy atom. The first kappa shape index (κ1) is 13.9. The van der Waals surface area contributed by atoms with E-state index in [1.807, 2.05) is 0 Å². The number of benzene rings is 1. The second-order valence-electron chi connectivity index (χ2n) is 7.35. The van der Waals surface area contributed by atoms with E-state index in [-0.39, 0.29) is 0 Å². The van der Waals surface area contributed by atoms with Gasteiger partial charge >= 0.3 is 0 Å². The molecule has 0 radical (unpaired) electrons. The molecular weight excluding hydrogens is 246 g/mol. The molecule has 1 aromatic carbocycles. The molecule has 1 N–H and O–H groups in total. The van der Waals surface area contributed by atoms with Gasteiger partial charge in [-0.3, -0.25) is 0 Å². The Labute approximate surface area is 122 Å². The minimum atomic E-state index is 0.335. The number of hydrogen-bond donors (Lipinski definition) is 1. The maximum absolute atomic E-state index is 5.52. The van der Waals surface area contributed by atoms with Crippen LogP contribution in [0.2, 0.25) is 0 Å². The minimum Gasteiger partial charge on any atom is -0.496 e. The SMILES string of the molecule is COc1cc(C2(CNC(C)C)CC3(CC3)C2)ccc1C. The number of nitrogens with one attached hydrogen (secondary N) is 1. The Bertz CT molecular complexity index is 494. The van der Waals surface area contributed by atoms with Crippen LogP contribution in [0.3, 0.4) is 0 Å². The van der Waals surface area contributed by atoms with Gasteiger partial charge in [0, 0.05) is 18.0 Å². The Kier molecular flexibility index (Phi) is 3.32. The van der Waals surface area contributed by atoms with Crippen LogP contribution < -0.4 is 10.1 Å². The fraction of sp³-hybridized carbons (Fsp3) is 0.667. The van der Waals surface area contributed by atoms with Gasteiger partial charge in [-0.25, -0.2) is 0 Å². The summed E-state index contributed by atoms with van der Waals surface area (Å²) >= 11 is 0. The van der Waals surface area contributed by atoms with Crippen molar-refractivity contribution < 1.29 is 4.74 Å². The van der Waals surface area contributed by atoms with Gasteiger partial charge in [0.25, 0.3) is 0 Å². The molecule has 2 nitrogen and oxygen atoms in total.